The fourth-order valence-corrected chi connectivity index (χ4v) is 3.06. The summed E-state index contributed by atoms with van der Waals surface area (Å²) in [6, 6.07) is 0.461. The molecule has 0 aromatic heterocycles. The van der Waals surface area contributed by atoms with Crippen molar-refractivity contribution in [1.29, 1.82) is 0 Å². The summed E-state index contributed by atoms with van der Waals surface area (Å²) >= 11 is 1.85. The molecule has 2 nitrogen and oxygen atoms in total. The second kappa shape index (κ2) is 16.2. The van der Waals surface area contributed by atoms with Crippen LogP contribution in [0.1, 0.15) is 91.9 Å². The summed E-state index contributed by atoms with van der Waals surface area (Å²) in [6.07, 6.45) is 13.3. The second-order valence-corrected chi connectivity index (χ2v) is 7.16. The topological polar surface area (TPSA) is 24.4 Å². The summed E-state index contributed by atoms with van der Waals surface area (Å²) in [5.74, 6) is 1.10. The van der Waals surface area contributed by atoms with E-state index in [2.05, 4.69) is 33.0 Å². The van der Waals surface area contributed by atoms with Crippen LogP contribution in [0.25, 0.3) is 0 Å². The molecule has 0 aliphatic heterocycles. The number of thioether (sulfide) groups is 1. The van der Waals surface area contributed by atoms with Crippen LogP contribution >= 0.6 is 11.8 Å². The van der Waals surface area contributed by atoms with Gasteiger partial charge >= 0.3 is 0 Å². The Hall–Kier alpha value is -0.180. The average molecular weight is 315 g/mol. The molecule has 0 bridgehead atoms. The molecule has 1 atom stereocenters. The maximum Gasteiger partial charge on any atom is 0.156 e. The van der Waals surface area contributed by atoms with Gasteiger partial charge in [0.25, 0.3) is 0 Å². The van der Waals surface area contributed by atoms with Gasteiger partial charge in [-0.15, -0.1) is 0 Å². The smallest absolute Gasteiger partial charge is 0.156 e. The number of rotatable bonds is 13. The Morgan fingerprint density at radius 2 is 1.52 bits per heavy atom. The molecule has 0 rings (SSSR count). The molecule has 0 aromatic rings. The molecule has 126 valence electrons. The Balaban J connectivity index is 3.83. The normalized spacial score (nSPS) is 13.4. The number of nitrogens with one attached hydrogen (secondary N) is 1. The molecular formula is C18H38N2S. The molecular weight excluding hydrogens is 276 g/mol. The van der Waals surface area contributed by atoms with Crippen molar-refractivity contribution in [2.45, 2.75) is 97.9 Å². The van der Waals surface area contributed by atoms with Gasteiger partial charge in [0.15, 0.2) is 5.17 Å². The van der Waals surface area contributed by atoms with Gasteiger partial charge in [-0.1, -0.05) is 83.9 Å². The van der Waals surface area contributed by atoms with E-state index in [1.54, 1.807) is 0 Å². The van der Waals surface area contributed by atoms with Crippen molar-refractivity contribution in [1.82, 2.24) is 5.32 Å². The summed E-state index contributed by atoms with van der Waals surface area (Å²) in [6.45, 7) is 10.1. The number of aliphatic imine (C=N–C) groups is 1. The highest BCUT2D eigenvalue weighted by Gasteiger charge is 2.03. The molecule has 0 aliphatic carbocycles. The maximum absolute atomic E-state index is 4.85. The Morgan fingerprint density at radius 1 is 0.905 bits per heavy atom. The SMILES string of the molecule is CCCCCCCCNC(=NC(C)CCCCC)SCC. The molecule has 0 saturated carbocycles. The van der Waals surface area contributed by atoms with Gasteiger partial charge in [0, 0.05) is 12.6 Å². The standard InChI is InChI=1S/C18H38N2S/c1-5-8-10-11-12-14-16-19-18(21-7-3)20-17(4)15-13-9-6-2/h17H,5-16H2,1-4H3,(H,19,20). The molecule has 0 aliphatic rings. The third kappa shape index (κ3) is 14.5. The lowest BCUT2D eigenvalue weighted by Crippen LogP contribution is -2.23. The number of amidine groups is 1. The lowest BCUT2D eigenvalue weighted by atomic mass is 10.1. The molecule has 3 heteroatoms. The molecule has 0 spiro atoms. The maximum atomic E-state index is 4.85. The highest BCUT2D eigenvalue weighted by atomic mass is 32.2. The van der Waals surface area contributed by atoms with E-state index >= 15 is 0 Å². The van der Waals surface area contributed by atoms with Crippen molar-refractivity contribution in [3.05, 3.63) is 0 Å². The zero-order chi connectivity index (χ0) is 15.8. The van der Waals surface area contributed by atoms with Gasteiger partial charge in [-0.25, -0.2) is 0 Å². The largest absolute Gasteiger partial charge is 0.365 e. The van der Waals surface area contributed by atoms with Crippen LogP contribution in [0.3, 0.4) is 0 Å². The molecule has 0 saturated heterocycles. The number of nitrogens with zero attached hydrogens (tertiary/aromatic N) is 1. The minimum absolute atomic E-state index is 0.461. The first-order valence-corrected chi connectivity index (χ1v) is 10.2. The van der Waals surface area contributed by atoms with Gasteiger partial charge in [0.05, 0.1) is 0 Å². The Bertz CT molecular complexity index is 241. The van der Waals surface area contributed by atoms with Crippen molar-refractivity contribution >= 4 is 16.9 Å². The van der Waals surface area contributed by atoms with Gasteiger partial charge in [0.2, 0.25) is 0 Å². The summed E-state index contributed by atoms with van der Waals surface area (Å²) in [5, 5.41) is 4.71. The number of hydrogen-bond acceptors (Lipinski definition) is 2. The summed E-state index contributed by atoms with van der Waals surface area (Å²) < 4.78 is 0. The number of unbranched alkanes of at least 4 members (excludes halogenated alkanes) is 7. The quantitative estimate of drug-likeness (QED) is 0.255. The van der Waals surface area contributed by atoms with Crippen LogP contribution in [0.4, 0.5) is 0 Å². The van der Waals surface area contributed by atoms with E-state index in [0.29, 0.717) is 6.04 Å². The van der Waals surface area contributed by atoms with Gasteiger partial charge < -0.3 is 5.32 Å². The highest BCUT2D eigenvalue weighted by Crippen LogP contribution is 2.10. The lowest BCUT2D eigenvalue weighted by Gasteiger charge is -2.12. The van der Waals surface area contributed by atoms with E-state index in [0.717, 1.165) is 17.5 Å². The van der Waals surface area contributed by atoms with E-state index in [1.807, 2.05) is 11.8 Å². The van der Waals surface area contributed by atoms with Crippen molar-refractivity contribution in [2.24, 2.45) is 4.99 Å². The van der Waals surface area contributed by atoms with Crippen molar-refractivity contribution in [2.75, 3.05) is 12.3 Å². The van der Waals surface area contributed by atoms with E-state index in [4.69, 9.17) is 4.99 Å². The zero-order valence-electron chi connectivity index (χ0n) is 14.9. The first-order valence-electron chi connectivity index (χ1n) is 9.19. The molecule has 0 amide bonds. The van der Waals surface area contributed by atoms with Gasteiger partial charge in [-0.3, -0.25) is 4.99 Å². The van der Waals surface area contributed by atoms with Crippen LogP contribution in [0, 0.1) is 0 Å². The minimum atomic E-state index is 0.461. The van der Waals surface area contributed by atoms with Crippen LogP contribution < -0.4 is 5.32 Å². The average Bonchev–Trinajstić information content (AvgIpc) is 2.46. The molecule has 0 aromatic carbocycles. The van der Waals surface area contributed by atoms with Gasteiger partial charge in [0.1, 0.15) is 0 Å². The Labute approximate surface area is 138 Å². The fraction of sp³-hybridized carbons (Fsp3) is 0.944. The predicted molar refractivity (Wildman–Crippen MR) is 101 cm³/mol. The highest BCUT2D eigenvalue weighted by molar-refractivity contribution is 8.13. The second-order valence-electron chi connectivity index (χ2n) is 5.91. The van der Waals surface area contributed by atoms with E-state index in [-0.39, 0.29) is 0 Å². The predicted octanol–water partition coefficient (Wildman–Crippen LogP) is 6.01. The molecule has 0 fully saturated rings. The summed E-state index contributed by atoms with van der Waals surface area (Å²) in [5.41, 5.74) is 0. The Morgan fingerprint density at radius 3 is 2.19 bits per heavy atom. The summed E-state index contributed by atoms with van der Waals surface area (Å²) in [7, 11) is 0. The zero-order valence-corrected chi connectivity index (χ0v) is 15.7. The van der Waals surface area contributed by atoms with E-state index in [9.17, 15) is 0 Å². The van der Waals surface area contributed by atoms with Crippen LogP contribution in [0.2, 0.25) is 0 Å². The lowest BCUT2D eigenvalue weighted by molar-refractivity contribution is 0.588. The molecule has 1 N–H and O–H groups in total. The summed E-state index contributed by atoms with van der Waals surface area (Å²) in [4.78, 5) is 4.85. The molecule has 0 radical (unpaired) electrons. The molecule has 0 heterocycles. The van der Waals surface area contributed by atoms with Crippen LogP contribution in [0.15, 0.2) is 4.99 Å². The van der Waals surface area contributed by atoms with Crippen LogP contribution in [-0.2, 0) is 0 Å². The third-order valence-corrected chi connectivity index (χ3v) is 4.46. The molecule has 1 unspecified atom stereocenters. The fourth-order valence-electron chi connectivity index (χ4n) is 2.33. The Kier molecular flexibility index (Phi) is 16.1. The minimum Gasteiger partial charge on any atom is -0.365 e. The van der Waals surface area contributed by atoms with E-state index in [1.165, 1.54) is 64.2 Å². The first kappa shape index (κ1) is 20.8. The van der Waals surface area contributed by atoms with Gasteiger partial charge in [-0.2, -0.15) is 0 Å². The van der Waals surface area contributed by atoms with Gasteiger partial charge in [-0.05, 0) is 25.5 Å². The molecule has 21 heavy (non-hydrogen) atoms. The first-order chi connectivity index (χ1) is 10.2. The van der Waals surface area contributed by atoms with Crippen LogP contribution in [-0.4, -0.2) is 23.5 Å². The van der Waals surface area contributed by atoms with Crippen molar-refractivity contribution in [3.8, 4) is 0 Å². The van der Waals surface area contributed by atoms with Crippen molar-refractivity contribution in [3.63, 3.8) is 0 Å². The third-order valence-electron chi connectivity index (χ3n) is 3.65. The van der Waals surface area contributed by atoms with E-state index < -0.39 is 0 Å². The van der Waals surface area contributed by atoms with Crippen LogP contribution in [0.5, 0.6) is 0 Å². The monoisotopic (exact) mass is 314 g/mol. The number of hydrogen-bond donors (Lipinski definition) is 1. The van der Waals surface area contributed by atoms with Crippen molar-refractivity contribution < 1.29 is 0 Å².